The van der Waals surface area contributed by atoms with Crippen molar-refractivity contribution in [3.63, 3.8) is 0 Å². The molecule has 3 heteroatoms. The van der Waals surface area contributed by atoms with Crippen molar-refractivity contribution in [2.45, 2.75) is 39.7 Å². The van der Waals surface area contributed by atoms with Crippen molar-refractivity contribution in [2.75, 3.05) is 13.1 Å². The van der Waals surface area contributed by atoms with Crippen LogP contribution in [0.5, 0.6) is 5.75 Å². The number of hydrogen-bond donors (Lipinski definition) is 1. The molecule has 0 aromatic heterocycles. The van der Waals surface area contributed by atoms with Gasteiger partial charge in [0.15, 0.2) is 11.6 Å². The fraction of sp³-hybridized carbons (Fsp3) is 0.571. The molecule has 0 spiro atoms. The minimum absolute atomic E-state index is 0.0258. The van der Waals surface area contributed by atoms with Gasteiger partial charge in [-0.1, -0.05) is 26.0 Å². The zero-order valence-corrected chi connectivity index (χ0v) is 10.9. The molecule has 0 saturated carbocycles. The predicted molar refractivity (Wildman–Crippen MR) is 69.0 cm³/mol. The Bertz CT molecular complexity index is 341. The van der Waals surface area contributed by atoms with Crippen LogP contribution in [0.4, 0.5) is 4.39 Å². The second-order valence-electron chi connectivity index (χ2n) is 4.24. The highest BCUT2D eigenvalue weighted by molar-refractivity contribution is 5.30. The van der Waals surface area contributed by atoms with Gasteiger partial charge in [0.05, 0.1) is 0 Å². The largest absolute Gasteiger partial charge is 0.486 e. The standard InChI is InChI=1S/C14H22FNO/c1-4-9-16-10-12(5-2)17-13-8-6-7-11(3)14(13)15/h6-8,12,16H,4-5,9-10H2,1-3H3. The Morgan fingerprint density at radius 1 is 1.35 bits per heavy atom. The van der Waals surface area contributed by atoms with Crippen LogP contribution in [-0.2, 0) is 0 Å². The fourth-order valence-corrected chi connectivity index (χ4v) is 1.60. The molecule has 0 fully saturated rings. The Morgan fingerprint density at radius 2 is 2.12 bits per heavy atom. The summed E-state index contributed by atoms with van der Waals surface area (Å²) in [5, 5.41) is 3.29. The topological polar surface area (TPSA) is 21.3 Å². The Morgan fingerprint density at radius 3 is 2.76 bits per heavy atom. The van der Waals surface area contributed by atoms with Crippen molar-refractivity contribution < 1.29 is 9.13 Å². The molecule has 1 aromatic carbocycles. The highest BCUT2D eigenvalue weighted by atomic mass is 19.1. The van der Waals surface area contributed by atoms with Crippen LogP contribution in [0.2, 0.25) is 0 Å². The summed E-state index contributed by atoms with van der Waals surface area (Å²) in [6.07, 6.45) is 1.98. The van der Waals surface area contributed by atoms with Crippen LogP contribution < -0.4 is 10.1 Å². The van der Waals surface area contributed by atoms with E-state index in [-0.39, 0.29) is 11.9 Å². The Labute approximate surface area is 103 Å². The summed E-state index contributed by atoms with van der Waals surface area (Å²) in [5.41, 5.74) is 0.624. The zero-order chi connectivity index (χ0) is 12.7. The fourth-order valence-electron chi connectivity index (χ4n) is 1.60. The summed E-state index contributed by atoms with van der Waals surface area (Å²) in [5.74, 6) is 0.108. The highest BCUT2D eigenvalue weighted by Gasteiger charge is 2.11. The van der Waals surface area contributed by atoms with Gasteiger partial charge in [0, 0.05) is 6.54 Å². The number of benzene rings is 1. The van der Waals surface area contributed by atoms with Crippen molar-refractivity contribution in [3.05, 3.63) is 29.6 Å². The molecule has 96 valence electrons. The maximum absolute atomic E-state index is 13.7. The second-order valence-corrected chi connectivity index (χ2v) is 4.24. The third-order valence-electron chi connectivity index (χ3n) is 2.70. The van der Waals surface area contributed by atoms with Crippen molar-refractivity contribution in [1.29, 1.82) is 0 Å². The lowest BCUT2D eigenvalue weighted by molar-refractivity contribution is 0.185. The monoisotopic (exact) mass is 239 g/mol. The maximum atomic E-state index is 13.7. The van der Waals surface area contributed by atoms with E-state index in [2.05, 4.69) is 12.2 Å². The minimum Gasteiger partial charge on any atom is -0.486 e. The van der Waals surface area contributed by atoms with Gasteiger partial charge in [-0.2, -0.15) is 0 Å². The van der Waals surface area contributed by atoms with Crippen LogP contribution in [0.15, 0.2) is 18.2 Å². The van der Waals surface area contributed by atoms with Crippen molar-refractivity contribution in [3.8, 4) is 5.75 Å². The van der Waals surface area contributed by atoms with E-state index in [1.165, 1.54) is 0 Å². The molecule has 2 nitrogen and oxygen atoms in total. The average Bonchev–Trinajstić information content (AvgIpc) is 2.33. The van der Waals surface area contributed by atoms with E-state index in [0.717, 1.165) is 25.9 Å². The first-order valence-corrected chi connectivity index (χ1v) is 6.31. The first-order chi connectivity index (χ1) is 8.19. The first-order valence-electron chi connectivity index (χ1n) is 6.31. The van der Waals surface area contributed by atoms with E-state index in [4.69, 9.17) is 4.74 Å². The van der Waals surface area contributed by atoms with Gasteiger partial charge in [0.2, 0.25) is 0 Å². The third-order valence-corrected chi connectivity index (χ3v) is 2.70. The van der Waals surface area contributed by atoms with Gasteiger partial charge in [0.1, 0.15) is 6.10 Å². The molecule has 0 heterocycles. The quantitative estimate of drug-likeness (QED) is 0.737. The van der Waals surface area contributed by atoms with Gasteiger partial charge in [0.25, 0.3) is 0 Å². The van der Waals surface area contributed by atoms with Crippen LogP contribution in [0.1, 0.15) is 32.3 Å². The molecular weight excluding hydrogens is 217 g/mol. The third kappa shape index (κ3) is 4.35. The Balaban J connectivity index is 2.57. The number of rotatable bonds is 7. The summed E-state index contributed by atoms with van der Waals surface area (Å²) in [6, 6.07) is 5.25. The van der Waals surface area contributed by atoms with Gasteiger partial charge in [-0.3, -0.25) is 0 Å². The Kier molecular flexibility index (Phi) is 5.98. The lowest BCUT2D eigenvalue weighted by atomic mass is 10.2. The van der Waals surface area contributed by atoms with E-state index in [1.54, 1.807) is 19.1 Å². The van der Waals surface area contributed by atoms with Crippen LogP contribution in [0.25, 0.3) is 0 Å². The van der Waals surface area contributed by atoms with Crippen molar-refractivity contribution in [1.82, 2.24) is 5.32 Å². The number of hydrogen-bond acceptors (Lipinski definition) is 2. The molecule has 1 N–H and O–H groups in total. The van der Waals surface area contributed by atoms with Gasteiger partial charge >= 0.3 is 0 Å². The maximum Gasteiger partial charge on any atom is 0.167 e. The van der Waals surface area contributed by atoms with E-state index in [0.29, 0.717) is 11.3 Å². The summed E-state index contributed by atoms with van der Waals surface area (Å²) in [4.78, 5) is 0. The van der Waals surface area contributed by atoms with Crippen molar-refractivity contribution in [2.24, 2.45) is 0 Å². The van der Waals surface area contributed by atoms with Crippen molar-refractivity contribution >= 4 is 0 Å². The molecule has 0 bridgehead atoms. The summed E-state index contributed by atoms with van der Waals surface area (Å²) < 4.78 is 19.4. The molecule has 0 aliphatic heterocycles. The number of halogens is 1. The van der Waals surface area contributed by atoms with Crippen LogP contribution in [0, 0.1) is 12.7 Å². The lowest BCUT2D eigenvalue weighted by Crippen LogP contribution is -2.31. The van der Waals surface area contributed by atoms with E-state index in [9.17, 15) is 4.39 Å². The average molecular weight is 239 g/mol. The predicted octanol–water partition coefficient (Wildman–Crippen LogP) is 3.29. The molecule has 0 saturated heterocycles. The van der Waals surface area contributed by atoms with Gasteiger partial charge in [-0.15, -0.1) is 0 Å². The molecule has 1 rings (SSSR count). The SMILES string of the molecule is CCCNCC(CC)Oc1cccc(C)c1F. The van der Waals surface area contributed by atoms with Gasteiger partial charge in [-0.25, -0.2) is 4.39 Å². The number of aryl methyl sites for hydroxylation is 1. The molecule has 1 atom stereocenters. The smallest absolute Gasteiger partial charge is 0.167 e. The minimum atomic E-state index is -0.249. The number of ether oxygens (including phenoxy) is 1. The molecule has 0 aliphatic rings. The first kappa shape index (κ1) is 14.0. The lowest BCUT2D eigenvalue weighted by Gasteiger charge is -2.19. The molecule has 0 radical (unpaired) electrons. The van der Waals surface area contributed by atoms with Crippen LogP contribution in [-0.4, -0.2) is 19.2 Å². The Hall–Kier alpha value is -1.09. The van der Waals surface area contributed by atoms with Gasteiger partial charge in [-0.05, 0) is 37.9 Å². The molecule has 0 amide bonds. The summed E-state index contributed by atoms with van der Waals surface area (Å²) >= 11 is 0. The highest BCUT2D eigenvalue weighted by Crippen LogP contribution is 2.21. The van der Waals surface area contributed by atoms with Crippen LogP contribution >= 0.6 is 0 Å². The molecule has 17 heavy (non-hydrogen) atoms. The molecule has 0 aliphatic carbocycles. The second kappa shape index (κ2) is 7.28. The van der Waals surface area contributed by atoms with E-state index in [1.807, 2.05) is 13.0 Å². The molecule has 1 aromatic rings. The van der Waals surface area contributed by atoms with E-state index >= 15 is 0 Å². The van der Waals surface area contributed by atoms with Gasteiger partial charge < -0.3 is 10.1 Å². The zero-order valence-electron chi connectivity index (χ0n) is 10.9. The van der Waals surface area contributed by atoms with Crippen LogP contribution in [0.3, 0.4) is 0 Å². The molecular formula is C14H22FNO. The molecule has 1 unspecified atom stereocenters. The van der Waals surface area contributed by atoms with E-state index < -0.39 is 0 Å². The number of nitrogens with one attached hydrogen (secondary N) is 1. The normalized spacial score (nSPS) is 12.5. The summed E-state index contributed by atoms with van der Waals surface area (Å²) in [7, 11) is 0. The summed E-state index contributed by atoms with van der Waals surface area (Å²) in [6.45, 7) is 7.65.